The van der Waals surface area contributed by atoms with Crippen molar-refractivity contribution < 1.29 is 149 Å². The number of benzene rings is 1. The van der Waals surface area contributed by atoms with Gasteiger partial charge in [0.25, 0.3) is 0 Å². The van der Waals surface area contributed by atoms with Gasteiger partial charge in [0.2, 0.25) is 0 Å². The predicted octanol–water partition coefficient (Wildman–Crippen LogP) is 13.5. The molecule has 0 aliphatic rings. The average molecular weight is 1010 g/mol. The summed E-state index contributed by atoms with van der Waals surface area (Å²) in [5.74, 6) is -125. The van der Waals surface area contributed by atoms with Gasteiger partial charge in [0.15, 0.2) is 0 Å². The van der Waals surface area contributed by atoms with E-state index in [0.717, 1.165) is 0 Å². The summed E-state index contributed by atoms with van der Waals surface area (Å²) >= 11 is 1.88. The highest BCUT2D eigenvalue weighted by Crippen LogP contribution is 2.67. The highest BCUT2D eigenvalue weighted by atomic mass is 79.9. The van der Waals surface area contributed by atoms with Crippen LogP contribution in [0, 0.1) is 0 Å². The molecule has 0 spiro atoms. The van der Waals surface area contributed by atoms with Crippen LogP contribution < -0.4 is 0 Å². The fraction of sp³-hybridized carbons (Fsp3) is 0.739. The molecule has 0 bridgehead atoms. The minimum Gasteiger partial charge on any atom is -0.194 e. The summed E-state index contributed by atoms with van der Waals surface area (Å²) in [6.45, 7) is 0. The van der Waals surface area contributed by atoms with Gasteiger partial charge >= 0.3 is 95.3 Å². The van der Waals surface area contributed by atoms with E-state index in [1.54, 1.807) is 0 Å². The standard InChI is InChI=1S/C23H5BrF34/c24-4-5-1-6(8(25,26)10(29,30)12(33,34)14(37,38)16(41,42)18(45,46)20(49,50)22(53,54)55)3-7(2-5)9(27,28)11(31,32)13(35,36)15(39,40)17(43,44)19(47,48)21(51,52)23(56,57)58/h1-3H,4H2. The Balaban J connectivity index is 4.17. The van der Waals surface area contributed by atoms with Crippen LogP contribution in [0.15, 0.2) is 18.2 Å². The molecule has 1 aromatic carbocycles. The average Bonchev–Trinajstić information content (AvgIpc) is 3.02. The Hall–Kier alpha value is -2.68. The lowest BCUT2D eigenvalue weighted by Crippen LogP contribution is -2.74. The molecule has 0 aliphatic heterocycles. The second-order valence-corrected chi connectivity index (χ2v) is 11.6. The van der Waals surface area contributed by atoms with Gasteiger partial charge in [-0.2, -0.15) is 149 Å². The molecule has 1 aromatic rings. The topological polar surface area (TPSA) is 0 Å². The fourth-order valence-electron chi connectivity index (χ4n) is 3.82. The molecule has 0 aliphatic carbocycles. The van der Waals surface area contributed by atoms with E-state index in [9.17, 15) is 149 Å². The number of hydrogen-bond acceptors (Lipinski definition) is 0. The molecule has 0 saturated carbocycles. The molecule has 58 heavy (non-hydrogen) atoms. The maximum absolute atomic E-state index is 14.8. The summed E-state index contributed by atoms with van der Waals surface area (Å²) in [5.41, 5.74) is -9.99. The quantitative estimate of drug-likeness (QED) is 0.121. The lowest BCUT2D eigenvalue weighted by atomic mass is 9.84. The van der Waals surface area contributed by atoms with Crippen molar-refractivity contribution in [2.24, 2.45) is 0 Å². The molecule has 0 saturated heterocycles. The van der Waals surface area contributed by atoms with Crippen LogP contribution in [-0.4, -0.2) is 83.4 Å². The molecule has 0 amide bonds. The van der Waals surface area contributed by atoms with Gasteiger partial charge in [0.05, 0.1) is 0 Å². The minimum absolute atomic E-state index is 1.21. The Morgan fingerprint density at radius 1 is 0.259 bits per heavy atom. The summed E-state index contributed by atoms with van der Waals surface area (Å²) in [5, 5.41) is -1.80. The Morgan fingerprint density at radius 2 is 0.431 bits per heavy atom. The molecule has 0 nitrogen and oxygen atoms in total. The Kier molecular flexibility index (Phi) is 12.6. The van der Waals surface area contributed by atoms with Crippen molar-refractivity contribution in [1.29, 1.82) is 0 Å². The van der Waals surface area contributed by atoms with Crippen LogP contribution in [0.1, 0.15) is 16.7 Å². The minimum atomic E-state index is -9.36. The third-order valence-corrected chi connectivity index (χ3v) is 7.96. The van der Waals surface area contributed by atoms with Gasteiger partial charge in [-0.15, -0.1) is 0 Å². The number of halogens is 35. The first-order valence-corrected chi connectivity index (χ1v) is 13.9. The summed E-state index contributed by atoms with van der Waals surface area (Å²) in [6.07, 6.45) is -16.4. The largest absolute Gasteiger partial charge is 0.460 e. The lowest BCUT2D eigenvalue weighted by molar-refractivity contribution is -0.463. The van der Waals surface area contributed by atoms with Crippen molar-refractivity contribution in [3.8, 4) is 0 Å². The van der Waals surface area contributed by atoms with Crippen molar-refractivity contribution in [3.05, 3.63) is 34.9 Å². The molecule has 342 valence electrons. The van der Waals surface area contributed by atoms with Gasteiger partial charge < -0.3 is 0 Å². The third kappa shape index (κ3) is 6.55. The molecular formula is C23H5BrF34. The van der Waals surface area contributed by atoms with E-state index < -0.39 is 135 Å². The lowest BCUT2D eigenvalue weighted by Gasteiger charge is -2.43. The SMILES string of the molecule is FC(F)(F)C(F)(F)C(F)(F)C(F)(F)C(F)(F)C(F)(F)C(F)(F)C(F)(F)c1cc(CBr)cc(C(F)(F)C(F)(F)C(F)(F)C(F)(F)C(F)(F)C(F)(F)C(F)(F)C(F)(F)F)c1. The van der Waals surface area contributed by atoms with E-state index in [0.29, 0.717) is 0 Å². The molecule has 35 heteroatoms. The van der Waals surface area contributed by atoms with Gasteiger partial charge in [-0.05, 0) is 23.8 Å². The van der Waals surface area contributed by atoms with Gasteiger partial charge in [-0.1, -0.05) is 15.9 Å². The second-order valence-electron chi connectivity index (χ2n) is 11.1. The molecule has 0 heterocycles. The van der Waals surface area contributed by atoms with Crippen LogP contribution in [0.5, 0.6) is 0 Å². The van der Waals surface area contributed by atoms with Crippen molar-refractivity contribution in [2.75, 3.05) is 0 Å². The van der Waals surface area contributed by atoms with Crippen LogP contribution in [0.25, 0.3) is 0 Å². The van der Waals surface area contributed by atoms with E-state index in [4.69, 9.17) is 0 Å². The second kappa shape index (κ2) is 13.7. The maximum Gasteiger partial charge on any atom is 0.460 e. The van der Waals surface area contributed by atoms with Crippen molar-refractivity contribution in [1.82, 2.24) is 0 Å². The summed E-state index contributed by atoms with van der Waals surface area (Å²) in [4.78, 5) is 0. The van der Waals surface area contributed by atoms with Crippen LogP contribution in [0.2, 0.25) is 0 Å². The van der Waals surface area contributed by atoms with E-state index in [1.165, 1.54) is 0 Å². The van der Waals surface area contributed by atoms with Crippen LogP contribution >= 0.6 is 15.9 Å². The predicted molar refractivity (Wildman–Crippen MR) is 118 cm³/mol. The molecular weight excluding hydrogens is 1000 g/mol. The number of alkyl halides is 35. The molecule has 0 fully saturated rings. The highest BCUT2D eigenvalue weighted by molar-refractivity contribution is 9.08. The third-order valence-electron chi connectivity index (χ3n) is 7.32. The first kappa shape index (κ1) is 53.3. The first-order chi connectivity index (χ1) is 24.6. The zero-order valence-electron chi connectivity index (χ0n) is 25.2. The number of rotatable bonds is 15. The van der Waals surface area contributed by atoms with Crippen LogP contribution in [0.3, 0.4) is 0 Å². The zero-order chi connectivity index (χ0) is 47.6. The zero-order valence-corrected chi connectivity index (χ0v) is 26.8. The van der Waals surface area contributed by atoms with Gasteiger partial charge in [-0.3, -0.25) is 0 Å². The van der Waals surface area contributed by atoms with Crippen LogP contribution in [0.4, 0.5) is 149 Å². The van der Waals surface area contributed by atoms with Gasteiger partial charge in [-0.25, -0.2) is 0 Å². The van der Waals surface area contributed by atoms with Crippen molar-refractivity contribution in [3.63, 3.8) is 0 Å². The summed E-state index contributed by atoms with van der Waals surface area (Å²) < 4.78 is 463. The van der Waals surface area contributed by atoms with Gasteiger partial charge in [0, 0.05) is 16.5 Å². The van der Waals surface area contributed by atoms with E-state index in [1.807, 2.05) is 15.9 Å². The Bertz CT molecular complexity index is 1540. The summed E-state index contributed by atoms with van der Waals surface area (Å²) in [6, 6.07) is -4.61. The molecule has 0 unspecified atom stereocenters. The molecule has 0 N–H and O–H groups in total. The van der Waals surface area contributed by atoms with Crippen LogP contribution in [-0.2, 0) is 17.2 Å². The molecule has 1 rings (SSSR count). The monoisotopic (exact) mass is 1010 g/mol. The summed E-state index contributed by atoms with van der Waals surface area (Å²) in [7, 11) is 0. The number of hydrogen-bond donors (Lipinski definition) is 0. The van der Waals surface area contributed by atoms with Crippen molar-refractivity contribution >= 4 is 15.9 Å². The highest BCUT2D eigenvalue weighted by Gasteiger charge is 2.97. The fourth-order valence-corrected chi connectivity index (χ4v) is 4.15. The van der Waals surface area contributed by atoms with E-state index in [-0.39, 0.29) is 0 Å². The van der Waals surface area contributed by atoms with E-state index >= 15 is 0 Å². The molecule has 0 atom stereocenters. The first-order valence-electron chi connectivity index (χ1n) is 12.8. The molecule has 0 radical (unpaired) electrons. The Morgan fingerprint density at radius 3 is 0.603 bits per heavy atom. The normalized spacial score (nSPS) is 16.6. The smallest absolute Gasteiger partial charge is 0.194 e. The van der Waals surface area contributed by atoms with Gasteiger partial charge in [0.1, 0.15) is 0 Å². The van der Waals surface area contributed by atoms with E-state index in [2.05, 4.69) is 0 Å². The van der Waals surface area contributed by atoms with Crippen molar-refractivity contribution in [2.45, 2.75) is 101 Å². The Labute approximate surface area is 301 Å². The molecule has 0 aromatic heterocycles. The maximum atomic E-state index is 14.8.